The summed E-state index contributed by atoms with van der Waals surface area (Å²) >= 11 is 16.3. The van der Waals surface area contributed by atoms with Crippen molar-refractivity contribution in [1.82, 2.24) is 18.5 Å². The number of fused-ring (bicyclic) bond motifs is 1. The third-order valence-corrected chi connectivity index (χ3v) is 4.38. The maximum Gasteiger partial charge on any atom is 0.340 e. The number of aromatic nitrogens is 4. The van der Waals surface area contributed by atoms with Crippen molar-refractivity contribution in [1.29, 1.82) is 0 Å². The predicted molar refractivity (Wildman–Crippen MR) is 95.8 cm³/mol. The van der Waals surface area contributed by atoms with E-state index < -0.39 is 0 Å². The number of hydrogen-bond donors (Lipinski definition) is 1. The fourth-order valence-electron chi connectivity index (χ4n) is 2.28. The predicted octanol–water partition coefficient (Wildman–Crippen LogP) is 3.76. The number of hydrogen-bond acceptors (Lipinski definition) is 4. The molecule has 0 aliphatic rings. The molecule has 0 atom stereocenters. The van der Waals surface area contributed by atoms with Gasteiger partial charge < -0.3 is 0 Å². The summed E-state index contributed by atoms with van der Waals surface area (Å²) < 4.78 is 2.71. The average molecular weight is 369 g/mol. The first kappa shape index (κ1) is 16.4. The van der Waals surface area contributed by atoms with E-state index in [4.69, 9.17) is 23.2 Å². The number of halogens is 2. The highest BCUT2D eigenvalue weighted by molar-refractivity contribution is 7.78. The summed E-state index contributed by atoms with van der Waals surface area (Å²) in [6.45, 7) is 4.29. The van der Waals surface area contributed by atoms with Crippen LogP contribution in [-0.4, -0.2) is 18.5 Å². The van der Waals surface area contributed by atoms with Crippen LogP contribution in [0.25, 0.3) is 11.2 Å². The van der Waals surface area contributed by atoms with Crippen molar-refractivity contribution in [3.8, 4) is 0 Å². The fraction of sp³-hybridized carbons (Fsp3) is 0.267. The topological polar surface area (TPSA) is 52.7 Å². The van der Waals surface area contributed by atoms with Crippen LogP contribution in [0, 0.1) is 0 Å². The second-order valence-electron chi connectivity index (χ2n) is 5.51. The molecule has 0 fully saturated rings. The molecule has 23 heavy (non-hydrogen) atoms. The third-order valence-electron chi connectivity index (χ3n) is 3.49. The minimum absolute atomic E-state index is 0.0965. The average Bonchev–Trinajstić information content (AvgIpc) is 2.74. The van der Waals surface area contributed by atoms with Crippen molar-refractivity contribution in [3.63, 3.8) is 0 Å². The minimum atomic E-state index is -0.310. The molecule has 3 rings (SSSR count). The van der Waals surface area contributed by atoms with E-state index in [2.05, 4.69) is 22.8 Å². The summed E-state index contributed by atoms with van der Waals surface area (Å²) in [5.74, 6) is 0.686. The molecule has 3 aromatic rings. The lowest BCUT2D eigenvalue weighted by molar-refractivity contribution is 0.748. The molecular formula is C15H14Cl2N4OS. The molecule has 0 amide bonds. The zero-order chi connectivity index (χ0) is 16.7. The Hall–Kier alpha value is -1.50. The van der Waals surface area contributed by atoms with Crippen LogP contribution < -0.4 is 5.69 Å². The Morgan fingerprint density at radius 3 is 2.43 bits per heavy atom. The van der Waals surface area contributed by atoms with E-state index in [-0.39, 0.29) is 16.8 Å². The molecule has 5 nitrogen and oxygen atoms in total. The maximum absolute atomic E-state index is 12.5. The Morgan fingerprint density at radius 2 is 1.83 bits per heavy atom. The van der Waals surface area contributed by atoms with Gasteiger partial charge in [0.25, 0.3) is 0 Å². The van der Waals surface area contributed by atoms with Gasteiger partial charge in [-0.3, -0.25) is 4.57 Å². The van der Waals surface area contributed by atoms with Crippen molar-refractivity contribution >= 4 is 47.2 Å². The molecule has 0 bridgehead atoms. The van der Waals surface area contributed by atoms with Crippen molar-refractivity contribution < 1.29 is 0 Å². The first-order valence-electron chi connectivity index (χ1n) is 7.01. The molecule has 0 spiro atoms. The molecule has 0 saturated carbocycles. The third kappa shape index (κ3) is 2.98. The smallest absolute Gasteiger partial charge is 0.271 e. The number of nitrogens with zero attached hydrogens (tertiary/aromatic N) is 4. The van der Waals surface area contributed by atoms with Crippen LogP contribution in [-0.2, 0) is 6.54 Å². The Morgan fingerprint density at radius 1 is 1.17 bits per heavy atom. The quantitative estimate of drug-likeness (QED) is 0.565. The number of imidazole rings is 1. The number of thiol groups is 1. The number of rotatable bonds is 3. The van der Waals surface area contributed by atoms with Gasteiger partial charge in [-0.05, 0) is 17.7 Å². The second-order valence-corrected chi connectivity index (χ2v) is 6.70. The van der Waals surface area contributed by atoms with Gasteiger partial charge in [-0.15, -0.1) is 0 Å². The van der Waals surface area contributed by atoms with Crippen LogP contribution in [0.4, 0.5) is 0 Å². The van der Waals surface area contributed by atoms with Crippen LogP contribution >= 0.6 is 36.0 Å². The molecule has 0 radical (unpaired) electrons. The lowest BCUT2D eigenvalue weighted by atomic mass is 10.2. The molecule has 0 saturated heterocycles. The van der Waals surface area contributed by atoms with Gasteiger partial charge in [-0.25, -0.2) is 18.7 Å². The van der Waals surface area contributed by atoms with Gasteiger partial charge in [0.05, 0.1) is 6.54 Å². The van der Waals surface area contributed by atoms with Gasteiger partial charge >= 0.3 is 5.69 Å². The van der Waals surface area contributed by atoms with Crippen molar-refractivity contribution in [2.75, 3.05) is 0 Å². The highest BCUT2D eigenvalue weighted by Gasteiger charge is 2.19. The monoisotopic (exact) mass is 368 g/mol. The zero-order valence-electron chi connectivity index (χ0n) is 12.5. The molecular weight excluding hydrogens is 355 g/mol. The van der Waals surface area contributed by atoms with Gasteiger partial charge in [0.15, 0.2) is 10.8 Å². The molecule has 8 heteroatoms. The van der Waals surface area contributed by atoms with Crippen molar-refractivity contribution in [2.24, 2.45) is 0 Å². The Bertz CT molecular complexity index is 931. The second kappa shape index (κ2) is 6.19. The molecule has 0 N–H and O–H groups in total. The summed E-state index contributed by atoms with van der Waals surface area (Å²) in [7, 11) is 0. The van der Waals surface area contributed by atoms with Crippen LogP contribution in [0.3, 0.4) is 0 Å². The Balaban J connectivity index is 2.21. The number of benzene rings is 1. The van der Waals surface area contributed by atoms with E-state index in [1.807, 2.05) is 26.0 Å². The summed E-state index contributed by atoms with van der Waals surface area (Å²) in [5, 5.41) is 0.867. The molecule has 2 heterocycles. The summed E-state index contributed by atoms with van der Waals surface area (Å²) in [4.78, 5) is 21.2. The van der Waals surface area contributed by atoms with Gasteiger partial charge in [-0.1, -0.05) is 62.0 Å². The maximum atomic E-state index is 12.5. The van der Waals surface area contributed by atoms with Crippen molar-refractivity contribution in [2.45, 2.75) is 26.3 Å². The molecule has 0 aliphatic carbocycles. The normalized spacial score (nSPS) is 11.6. The zero-order valence-corrected chi connectivity index (χ0v) is 14.9. The van der Waals surface area contributed by atoms with Crippen LogP contribution in [0.1, 0.15) is 31.2 Å². The molecule has 120 valence electrons. The summed E-state index contributed by atoms with van der Waals surface area (Å²) in [6.07, 6.45) is 0. The van der Waals surface area contributed by atoms with E-state index in [1.165, 1.54) is 8.54 Å². The largest absolute Gasteiger partial charge is 0.340 e. The van der Waals surface area contributed by atoms with Gasteiger partial charge in [0.1, 0.15) is 11.3 Å². The van der Waals surface area contributed by atoms with E-state index in [1.54, 1.807) is 12.1 Å². The van der Waals surface area contributed by atoms with Crippen LogP contribution in [0.15, 0.2) is 29.1 Å². The van der Waals surface area contributed by atoms with Gasteiger partial charge in [0.2, 0.25) is 0 Å². The highest BCUT2D eigenvalue weighted by atomic mass is 35.5. The minimum Gasteiger partial charge on any atom is -0.271 e. The lowest BCUT2D eigenvalue weighted by Gasteiger charge is -2.07. The first-order chi connectivity index (χ1) is 10.9. The molecule has 0 unspecified atom stereocenters. The van der Waals surface area contributed by atoms with E-state index in [0.29, 0.717) is 28.6 Å². The van der Waals surface area contributed by atoms with Crippen molar-refractivity contribution in [3.05, 3.63) is 56.3 Å². The standard InChI is InChI=1S/C15H14Cl2N4OS/c1-8(2)13-18-12(17)11-14(19-13)20(15(22)21(11)23)7-9-3-5-10(16)6-4-9/h3-6,8,23H,7H2,1-2H3. The van der Waals surface area contributed by atoms with E-state index >= 15 is 0 Å². The fourth-order valence-corrected chi connectivity index (χ4v) is 3.01. The molecule has 0 aliphatic heterocycles. The first-order valence-corrected chi connectivity index (χ1v) is 8.16. The van der Waals surface area contributed by atoms with E-state index in [9.17, 15) is 4.79 Å². The van der Waals surface area contributed by atoms with Crippen LogP contribution in [0.2, 0.25) is 10.2 Å². The lowest BCUT2D eigenvalue weighted by Crippen LogP contribution is -2.21. The summed E-state index contributed by atoms with van der Waals surface area (Å²) in [5.41, 5.74) is 1.51. The van der Waals surface area contributed by atoms with Crippen LogP contribution in [0.5, 0.6) is 0 Å². The summed E-state index contributed by atoms with van der Waals surface area (Å²) in [6, 6.07) is 7.29. The molecule has 1 aromatic carbocycles. The van der Waals surface area contributed by atoms with Gasteiger partial charge in [-0.2, -0.15) is 0 Å². The SMILES string of the molecule is CC(C)c1nc(Cl)c2c(n1)n(Cc1ccc(Cl)cc1)c(=O)n2S. The Kier molecular flexibility index (Phi) is 4.40. The highest BCUT2D eigenvalue weighted by Crippen LogP contribution is 2.23. The van der Waals surface area contributed by atoms with Gasteiger partial charge in [0, 0.05) is 10.9 Å². The van der Waals surface area contributed by atoms with E-state index in [0.717, 1.165) is 5.56 Å². The Labute approximate surface area is 148 Å². The molecule has 2 aromatic heterocycles.